The summed E-state index contributed by atoms with van der Waals surface area (Å²) in [7, 11) is 0. The minimum atomic E-state index is 0.740. The van der Waals surface area contributed by atoms with Crippen molar-refractivity contribution in [2.45, 2.75) is 78.7 Å². The summed E-state index contributed by atoms with van der Waals surface area (Å²) in [6.07, 6.45) is 10.2. The van der Waals surface area contributed by atoms with E-state index in [2.05, 4.69) is 33.0 Å². The molecule has 0 bridgehead atoms. The lowest BCUT2D eigenvalue weighted by Gasteiger charge is -2.30. The van der Waals surface area contributed by atoms with Crippen molar-refractivity contribution in [3.63, 3.8) is 0 Å². The molecule has 0 aromatic carbocycles. The summed E-state index contributed by atoms with van der Waals surface area (Å²) in [6.45, 7) is 10.4. The van der Waals surface area contributed by atoms with Crippen molar-refractivity contribution in [1.82, 2.24) is 5.32 Å². The van der Waals surface area contributed by atoms with Crippen LogP contribution in [0.3, 0.4) is 0 Å². The molecule has 0 amide bonds. The molecule has 1 atom stereocenters. The molecule has 1 nitrogen and oxygen atoms in total. The average molecular weight is 239 g/mol. The van der Waals surface area contributed by atoms with Crippen LogP contribution >= 0.6 is 0 Å². The van der Waals surface area contributed by atoms with E-state index in [4.69, 9.17) is 0 Å². The van der Waals surface area contributed by atoms with E-state index in [0.29, 0.717) is 0 Å². The van der Waals surface area contributed by atoms with Crippen LogP contribution in [-0.2, 0) is 0 Å². The third-order valence-electron chi connectivity index (χ3n) is 4.70. The quantitative estimate of drug-likeness (QED) is 0.683. The molecule has 0 heterocycles. The molecule has 1 heteroatoms. The predicted molar refractivity (Wildman–Crippen MR) is 77.3 cm³/mol. The van der Waals surface area contributed by atoms with E-state index in [1.807, 2.05) is 0 Å². The van der Waals surface area contributed by atoms with Crippen LogP contribution in [0.5, 0.6) is 0 Å². The molecule has 1 unspecified atom stereocenters. The zero-order valence-corrected chi connectivity index (χ0v) is 12.5. The van der Waals surface area contributed by atoms with Crippen molar-refractivity contribution in [2.75, 3.05) is 6.54 Å². The standard InChI is InChI=1S/C16H33N/c1-5-14-7-9-15(10-8-14)11-12-16(13(3)4)17-6-2/h13-17H,5-12H2,1-4H3. The monoisotopic (exact) mass is 239 g/mol. The fourth-order valence-electron chi connectivity index (χ4n) is 3.28. The van der Waals surface area contributed by atoms with E-state index in [-0.39, 0.29) is 0 Å². The molecule has 1 fully saturated rings. The van der Waals surface area contributed by atoms with Crippen molar-refractivity contribution >= 4 is 0 Å². The number of hydrogen-bond donors (Lipinski definition) is 1. The third-order valence-corrected chi connectivity index (χ3v) is 4.70. The van der Waals surface area contributed by atoms with Gasteiger partial charge >= 0.3 is 0 Å². The van der Waals surface area contributed by atoms with E-state index in [1.165, 1.54) is 44.9 Å². The Balaban J connectivity index is 2.21. The molecule has 0 radical (unpaired) electrons. The normalized spacial score (nSPS) is 27.4. The summed E-state index contributed by atoms with van der Waals surface area (Å²) in [4.78, 5) is 0. The summed E-state index contributed by atoms with van der Waals surface area (Å²) in [5.41, 5.74) is 0. The van der Waals surface area contributed by atoms with Crippen molar-refractivity contribution in [2.24, 2.45) is 17.8 Å². The van der Waals surface area contributed by atoms with Crippen LogP contribution in [-0.4, -0.2) is 12.6 Å². The Kier molecular flexibility index (Phi) is 7.18. The smallest absolute Gasteiger partial charge is 0.00900 e. The van der Waals surface area contributed by atoms with E-state index >= 15 is 0 Å². The fourth-order valence-corrected chi connectivity index (χ4v) is 3.28. The van der Waals surface area contributed by atoms with E-state index in [1.54, 1.807) is 0 Å². The van der Waals surface area contributed by atoms with Gasteiger partial charge in [-0.1, -0.05) is 59.8 Å². The molecular formula is C16H33N. The van der Waals surface area contributed by atoms with Gasteiger partial charge in [-0.05, 0) is 37.1 Å². The molecule has 1 N–H and O–H groups in total. The van der Waals surface area contributed by atoms with Crippen LogP contribution in [0.4, 0.5) is 0 Å². The highest BCUT2D eigenvalue weighted by Crippen LogP contribution is 2.33. The number of hydrogen-bond acceptors (Lipinski definition) is 1. The van der Waals surface area contributed by atoms with Crippen LogP contribution in [0.1, 0.15) is 72.6 Å². The third kappa shape index (κ3) is 5.42. The Morgan fingerprint density at radius 3 is 2.06 bits per heavy atom. The van der Waals surface area contributed by atoms with E-state index in [9.17, 15) is 0 Å². The first-order chi connectivity index (χ1) is 8.17. The summed E-state index contributed by atoms with van der Waals surface area (Å²) >= 11 is 0. The first-order valence-electron chi connectivity index (χ1n) is 7.90. The molecule has 0 aromatic heterocycles. The van der Waals surface area contributed by atoms with E-state index < -0.39 is 0 Å². The molecule has 0 saturated heterocycles. The Morgan fingerprint density at radius 1 is 1.00 bits per heavy atom. The van der Waals surface area contributed by atoms with Crippen molar-refractivity contribution in [3.8, 4) is 0 Å². The largest absolute Gasteiger partial charge is 0.314 e. The fraction of sp³-hybridized carbons (Fsp3) is 1.00. The number of rotatable bonds is 7. The van der Waals surface area contributed by atoms with Crippen LogP contribution in [0.25, 0.3) is 0 Å². The summed E-state index contributed by atoms with van der Waals surface area (Å²) < 4.78 is 0. The predicted octanol–water partition coefficient (Wildman–Crippen LogP) is 4.62. The van der Waals surface area contributed by atoms with Gasteiger partial charge in [0.2, 0.25) is 0 Å². The van der Waals surface area contributed by atoms with Crippen LogP contribution in [0, 0.1) is 17.8 Å². The maximum absolute atomic E-state index is 3.64. The lowest BCUT2D eigenvalue weighted by molar-refractivity contribution is 0.240. The van der Waals surface area contributed by atoms with E-state index in [0.717, 1.165) is 30.3 Å². The van der Waals surface area contributed by atoms with Gasteiger partial charge in [0.1, 0.15) is 0 Å². The maximum atomic E-state index is 3.64. The molecule has 102 valence electrons. The summed E-state index contributed by atoms with van der Waals surface area (Å²) in [5.74, 6) is 2.85. The zero-order chi connectivity index (χ0) is 12.7. The van der Waals surface area contributed by atoms with Gasteiger partial charge in [-0.3, -0.25) is 0 Å². The van der Waals surface area contributed by atoms with Gasteiger partial charge < -0.3 is 5.32 Å². The van der Waals surface area contributed by atoms with Gasteiger partial charge in [0.25, 0.3) is 0 Å². The molecule has 0 aromatic rings. The topological polar surface area (TPSA) is 12.0 Å². The van der Waals surface area contributed by atoms with Crippen LogP contribution in [0.15, 0.2) is 0 Å². The van der Waals surface area contributed by atoms with Gasteiger partial charge in [0.15, 0.2) is 0 Å². The van der Waals surface area contributed by atoms with Gasteiger partial charge in [-0.2, -0.15) is 0 Å². The van der Waals surface area contributed by atoms with Crippen molar-refractivity contribution < 1.29 is 0 Å². The minimum absolute atomic E-state index is 0.740. The molecule has 0 spiro atoms. The number of nitrogens with one attached hydrogen (secondary N) is 1. The highest BCUT2D eigenvalue weighted by molar-refractivity contribution is 4.76. The summed E-state index contributed by atoms with van der Waals surface area (Å²) in [6, 6.07) is 0.740. The average Bonchev–Trinajstić information content (AvgIpc) is 2.34. The second-order valence-corrected chi connectivity index (χ2v) is 6.28. The van der Waals surface area contributed by atoms with Gasteiger partial charge in [-0.15, -0.1) is 0 Å². The first-order valence-corrected chi connectivity index (χ1v) is 7.90. The summed E-state index contributed by atoms with van der Waals surface area (Å²) in [5, 5.41) is 3.64. The van der Waals surface area contributed by atoms with Gasteiger partial charge in [-0.25, -0.2) is 0 Å². The Morgan fingerprint density at radius 2 is 1.59 bits per heavy atom. The lowest BCUT2D eigenvalue weighted by Crippen LogP contribution is -2.34. The molecule has 1 saturated carbocycles. The van der Waals surface area contributed by atoms with Crippen LogP contribution in [0.2, 0.25) is 0 Å². The second kappa shape index (κ2) is 8.13. The SMILES string of the molecule is CCNC(CCC1CCC(CC)CC1)C(C)C. The highest BCUT2D eigenvalue weighted by atomic mass is 14.9. The lowest BCUT2D eigenvalue weighted by atomic mass is 9.78. The van der Waals surface area contributed by atoms with Crippen molar-refractivity contribution in [3.05, 3.63) is 0 Å². The molecular weight excluding hydrogens is 206 g/mol. The minimum Gasteiger partial charge on any atom is -0.314 e. The first kappa shape index (κ1) is 15.0. The zero-order valence-electron chi connectivity index (χ0n) is 12.5. The second-order valence-electron chi connectivity index (χ2n) is 6.28. The Hall–Kier alpha value is -0.0400. The molecule has 1 aliphatic rings. The Labute approximate surface area is 109 Å². The Bertz CT molecular complexity index is 180. The van der Waals surface area contributed by atoms with Crippen molar-refractivity contribution in [1.29, 1.82) is 0 Å². The van der Waals surface area contributed by atoms with Crippen LogP contribution < -0.4 is 5.32 Å². The maximum Gasteiger partial charge on any atom is 0.00900 e. The molecule has 0 aliphatic heterocycles. The molecule has 1 rings (SSSR count). The molecule has 1 aliphatic carbocycles. The van der Waals surface area contributed by atoms with Gasteiger partial charge in [0, 0.05) is 6.04 Å². The highest BCUT2D eigenvalue weighted by Gasteiger charge is 2.21. The van der Waals surface area contributed by atoms with Gasteiger partial charge in [0.05, 0.1) is 0 Å². The molecule has 17 heavy (non-hydrogen) atoms.